The monoisotopic (exact) mass is 382 g/mol. The van der Waals surface area contributed by atoms with Crippen molar-refractivity contribution in [3.63, 3.8) is 0 Å². The minimum absolute atomic E-state index is 0.173. The predicted molar refractivity (Wildman–Crippen MR) is 107 cm³/mol. The lowest BCUT2D eigenvalue weighted by atomic mass is 9.93. The van der Waals surface area contributed by atoms with E-state index in [1.165, 1.54) is 12.0 Å². The maximum Gasteiger partial charge on any atom is 0.241 e. The molecule has 1 unspecified atom stereocenters. The summed E-state index contributed by atoms with van der Waals surface area (Å²) in [6, 6.07) is 8.14. The van der Waals surface area contributed by atoms with Gasteiger partial charge in [-0.15, -0.1) is 0 Å². The molecule has 2 fully saturated rings. The van der Waals surface area contributed by atoms with Crippen molar-refractivity contribution < 1.29 is 9.32 Å². The molecule has 0 aliphatic carbocycles. The summed E-state index contributed by atoms with van der Waals surface area (Å²) in [6.45, 7) is 8.64. The first-order chi connectivity index (χ1) is 13.6. The summed E-state index contributed by atoms with van der Waals surface area (Å²) >= 11 is 0. The van der Waals surface area contributed by atoms with Crippen LogP contribution in [0.15, 0.2) is 28.8 Å². The zero-order valence-electron chi connectivity index (χ0n) is 16.9. The predicted octanol–water partition coefficient (Wildman–Crippen LogP) is 3.52. The van der Waals surface area contributed by atoms with E-state index in [1.807, 2.05) is 12.1 Å². The summed E-state index contributed by atoms with van der Waals surface area (Å²) < 4.78 is 5.46. The molecule has 6 nitrogen and oxygen atoms in total. The fraction of sp³-hybridized carbons (Fsp3) is 0.591. The molecule has 2 aromatic rings. The van der Waals surface area contributed by atoms with Crippen molar-refractivity contribution in [1.29, 1.82) is 0 Å². The number of aromatic nitrogens is 2. The Labute approximate surface area is 166 Å². The summed E-state index contributed by atoms with van der Waals surface area (Å²) in [5, 5.41) is 4.12. The van der Waals surface area contributed by atoms with Crippen LogP contribution in [0.3, 0.4) is 0 Å². The molecule has 2 saturated heterocycles. The van der Waals surface area contributed by atoms with Crippen molar-refractivity contribution in [3.8, 4) is 11.4 Å². The van der Waals surface area contributed by atoms with Crippen LogP contribution in [0.5, 0.6) is 0 Å². The average molecular weight is 383 g/mol. The third-order valence-electron chi connectivity index (χ3n) is 6.04. The van der Waals surface area contributed by atoms with Crippen molar-refractivity contribution in [2.24, 2.45) is 11.8 Å². The van der Waals surface area contributed by atoms with Gasteiger partial charge in [0.15, 0.2) is 0 Å². The molecule has 1 atom stereocenters. The lowest BCUT2D eigenvalue weighted by Crippen LogP contribution is -2.45. The van der Waals surface area contributed by atoms with E-state index in [2.05, 4.69) is 45.9 Å². The van der Waals surface area contributed by atoms with Gasteiger partial charge < -0.3 is 9.42 Å². The molecule has 1 aromatic carbocycles. The van der Waals surface area contributed by atoms with Crippen LogP contribution >= 0.6 is 0 Å². The molecule has 150 valence electrons. The van der Waals surface area contributed by atoms with Crippen LogP contribution in [0.2, 0.25) is 0 Å². The van der Waals surface area contributed by atoms with Crippen LogP contribution in [-0.2, 0) is 11.3 Å². The largest absolute Gasteiger partial charge is 0.342 e. The summed E-state index contributed by atoms with van der Waals surface area (Å²) in [5.74, 6) is 2.46. The van der Waals surface area contributed by atoms with Gasteiger partial charge in [0.2, 0.25) is 17.6 Å². The zero-order chi connectivity index (χ0) is 19.5. The number of amides is 1. The number of benzene rings is 1. The molecule has 0 radical (unpaired) electrons. The first-order valence-electron chi connectivity index (χ1n) is 10.5. The van der Waals surface area contributed by atoms with Gasteiger partial charge in [-0.2, -0.15) is 4.98 Å². The number of nitrogens with zero attached hydrogens (tertiary/aromatic N) is 4. The molecular weight excluding hydrogens is 352 g/mol. The number of carbonyl (C=O) groups excluding carboxylic acids is 1. The highest BCUT2D eigenvalue weighted by Gasteiger charge is 2.30. The second-order valence-corrected chi connectivity index (χ2v) is 8.46. The number of piperidine rings is 2. The molecule has 0 N–H and O–H groups in total. The number of hydrogen-bond acceptors (Lipinski definition) is 5. The third-order valence-corrected chi connectivity index (χ3v) is 6.04. The Morgan fingerprint density at radius 1 is 1.14 bits per heavy atom. The van der Waals surface area contributed by atoms with Crippen molar-refractivity contribution in [3.05, 3.63) is 35.7 Å². The van der Waals surface area contributed by atoms with Crippen LogP contribution in [0.4, 0.5) is 0 Å². The first kappa shape index (κ1) is 19.1. The number of rotatable bonds is 4. The third kappa shape index (κ3) is 4.43. The molecule has 4 rings (SSSR count). The number of likely N-dealkylation sites (tertiary alicyclic amines) is 2. The van der Waals surface area contributed by atoms with Crippen molar-refractivity contribution >= 4 is 5.91 Å². The van der Waals surface area contributed by atoms with Crippen molar-refractivity contribution in [2.75, 3.05) is 26.2 Å². The van der Waals surface area contributed by atoms with Crippen LogP contribution in [0.1, 0.15) is 44.1 Å². The Morgan fingerprint density at radius 2 is 1.89 bits per heavy atom. The van der Waals surface area contributed by atoms with E-state index in [0.717, 1.165) is 51.0 Å². The summed E-state index contributed by atoms with van der Waals surface area (Å²) in [6.07, 6.45) is 4.23. The first-order valence-corrected chi connectivity index (χ1v) is 10.5. The van der Waals surface area contributed by atoms with E-state index in [9.17, 15) is 4.79 Å². The molecule has 2 aliphatic rings. The maximum atomic E-state index is 12.8. The van der Waals surface area contributed by atoms with E-state index < -0.39 is 0 Å². The van der Waals surface area contributed by atoms with E-state index in [0.29, 0.717) is 30.1 Å². The molecule has 3 heterocycles. The fourth-order valence-corrected chi connectivity index (χ4v) is 4.32. The van der Waals surface area contributed by atoms with Gasteiger partial charge in [-0.3, -0.25) is 9.69 Å². The van der Waals surface area contributed by atoms with Crippen LogP contribution in [0.25, 0.3) is 11.4 Å². The second kappa shape index (κ2) is 8.43. The Hall–Kier alpha value is -2.21. The maximum absolute atomic E-state index is 12.8. The second-order valence-electron chi connectivity index (χ2n) is 8.46. The van der Waals surface area contributed by atoms with Gasteiger partial charge in [0.25, 0.3) is 0 Å². The van der Waals surface area contributed by atoms with Gasteiger partial charge in [-0.25, -0.2) is 0 Å². The molecule has 28 heavy (non-hydrogen) atoms. The normalized spacial score (nSPS) is 21.8. The van der Waals surface area contributed by atoms with Crippen molar-refractivity contribution in [1.82, 2.24) is 19.9 Å². The molecule has 6 heteroatoms. The van der Waals surface area contributed by atoms with E-state index >= 15 is 0 Å². The summed E-state index contributed by atoms with van der Waals surface area (Å²) in [5.41, 5.74) is 2.18. The number of aryl methyl sites for hydroxylation is 1. The smallest absolute Gasteiger partial charge is 0.241 e. The quantitative estimate of drug-likeness (QED) is 0.810. The Morgan fingerprint density at radius 3 is 2.61 bits per heavy atom. The molecule has 0 spiro atoms. The van der Waals surface area contributed by atoms with Gasteiger partial charge in [0, 0.05) is 24.6 Å². The Kier molecular flexibility index (Phi) is 5.76. The van der Waals surface area contributed by atoms with Gasteiger partial charge in [0.1, 0.15) is 0 Å². The summed E-state index contributed by atoms with van der Waals surface area (Å²) in [7, 11) is 0. The highest BCUT2D eigenvalue weighted by Crippen LogP contribution is 2.24. The van der Waals surface area contributed by atoms with E-state index in [4.69, 9.17) is 4.52 Å². The minimum Gasteiger partial charge on any atom is -0.342 e. The van der Waals surface area contributed by atoms with E-state index in [1.54, 1.807) is 0 Å². The van der Waals surface area contributed by atoms with Crippen molar-refractivity contribution in [2.45, 2.75) is 46.1 Å². The SMILES string of the molecule is Cc1ccc(-c2noc(CN3CCC(C(=O)N4CCCC(C)C4)CC3)n2)cc1. The summed E-state index contributed by atoms with van der Waals surface area (Å²) in [4.78, 5) is 21.8. The standard InChI is InChI=1S/C22H30N4O2/c1-16-5-7-18(8-6-16)21-23-20(28-24-21)15-25-12-9-19(10-13-25)22(27)26-11-3-4-17(2)14-26/h5-8,17,19H,3-4,9-15H2,1-2H3. The van der Waals surface area contributed by atoms with Gasteiger partial charge in [0.05, 0.1) is 6.54 Å². The molecule has 2 aliphatic heterocycles. The highest BCUT2D eigenvalue weighted by molar-refractivity contribution is 5.79. The molecule has 0 saturated carbocycles. The Bertz CT molecular complexity index is 793. The molecule has 1 aromatic heterocycles. The topological polar surface area (TPSA) is 62.5 Å². The lowest BCUT2D eigenvalue weighted by molar-refractivity contribution is -0.138. The Balaban J connectivity index is 1.29. The molecule has 0 bridgehead atoms. The van der Waals surface area contributed by atoms with Gasteiger partial charge in [-0.1, -0.05) is 41.9 Å². The lowest BCUT2D eigenvalue weighted by Gasteiger charge is -2.36. The van der Waals surface area contributed by atoms with Gasteiger partial charge >= 0.3 is 0 Å². The van der Waals surface area contributed by atoms with Crippen LogP contribution in [0, 0.1) is 18.8 Å². The van der Waals surface area contributed by atoms with Crippen LogP contribution in [-0.4, -0.2) is 52.0 Å². The highest BCUT2D eigenvalue weighted by atomic mass is 16.5. The zero-order valence-corrected chi connectivity index (χ0v) is 16.9. The van der Waals surface area contributed by atoms with Crippen LogP contribution < -0.4 is 0 Å². The average Bonchev–Trinajstić information content (AvgIpc) is 3.17. The number of hydrogen-bond donors (Lipinski definition) is 0. The molecule has 1 amide bonds. The van der Waals surface area contributed by atoms with E-state index in [-0.39, 0.29) is 5.92 Å². The minimum atomic E-state index is 0.173. The fourth-order valence-electron chi connectivity index (χ4n) is 4.32. The molecular formula is C22H30N4O2. The van der Waals surface area contributed by atoms with Gasteiger partial charge in [-0.05, 0) is 51.6 Å². The number of carbonyl (C=O) groups is 1.